The van der Waals surface area contributed by atoms with E-state index in [1.165, 1.54) is 6.92 Å². The third-order valence-corrected chi connectivity index (χ3v) is 4.30. The molecular formula is C20H30N4O12. The monoisotopic (exact) mass is 518 g/mol. The molecule has 1 fully saturated rings. The van der Waals surface area contributed by atoms with Crippen LogP contribution in [0, 0.1) is 0 Å². The van der Waals surface area contributed by atoms with Crippen LogP contribution in [-0.2, 0) is 57.1 Å². The second-order valence-electron chi connectivity index (χ2n) is 7.29. The van der Waals surface area contributed by atoms with Gasteiger partial charge in [0.1, 0.15) is 19.3 Å². The van der Waals surface area contributed by atoms with Gasteiger partial charge in [0.15, 0.2) is 24.6 Å². The number of carbonyl (C=O) groups excluding carboxylic acids is 5. The summed E-state index contributed by atoms with van der Waals surface area (Å²) in [5, 5.41) is 5.60. The van der Waals surface area contributed by atoms with E-state index in [0.29, 0.717) is 0 Å². The molecule has 1 heterocycles. The number of nitrogens with one attached hydrogen (secondary N) is 1. The molecule has 1 amide bonds. The second-order valence-corrected chi connectivity index (χ2v) is 7.29. The summed E-state index contributed by atoms with van der Waals surface area (Å²) in [4.78, 5) is 60.4. The highest BCUT2D eigenvalue weighted by Gasteiger charge is 2.52. The fourth-order valence-corrected chi connectivity index (χ4v) is 3.06. The van der Waals surface area contributed by atoms with Gasteiger partial charge >= 0.3 is 23.9 Å². The predicted molar refractivity (Wildman–Crippen MR) is 116 cm³/mol. The van der Waals surface area contributed by atoms with Crippen LogP contribution < -0.4 is 5.32 Å². The van der Waals surface area contributed by atoms with Crippen LogP contribution in [0.1, 0.15) is 27.7 Å². The van der Waals surface area contributed by atoms with Crippen molar-refractivity contribution >= 4 is 29.8 Å². The smallest absolute Gasteiger partial charge is 0.303 e. The Morgan fingerprint density at radius 2 is 1.47 bits per heavy atom. The largest absolute Gasteiger partial charge is 0.463 e. The Morgan fingerprint density at radius 3 is 2.06 bits per heavy atom. The predicted octanol–water partition coefficient (Wildman–Crippen LogP) is -0.471. The van der Waals surface area contributed by atoms with Crippen molar-refractivity contribution in [2.75, 3.05) is 39.5 Å². The molecule has 202 valence electrons. The maximum atomic E-state index is 11.8. The van der Waals surface area contributed by atoms with Gasteiger partial charge in [-0.25, -0.2) is 0 Å². The first-order valence-electron chi connectivity index (χ1n) is 10.8. The third-order valence-electron chi connectivity index (χ3n) is 4.30. The van der Waals surface area contributed by atoms with Gasteiger partial charge in [-0.1, -0.05) is 5.11 Å². The lowest BCUT2D eigenvalue weighted by molar-refractivity contribution is -0.309. The fourth-order valence-electron chi connectivity index (χ4n) is 3.06. The zero-order valence-corrected chi connectivity index (χ0v) is 20.4. The third kappa shape index (κ3) is 11.8. The second kappa shape index (κ2) is 16.3. The minimum absolute atomic E-state index is 0.0269. The molecule has 0 aromatic rings. The Bertz CT molecular complexity index is 832. The summed E-state index contributed by atoms with van der Waals surface area (Å²) >= 11 is 0. The summed E-state index contributed by atoms with van der Waals surface area (Å²) in [7, 11) is 0. The van der Waals surface area contributed by atoms with Crippen LogP contribution in [0.3, 0.4) is 0 Å². The summed E-state index contributed by atoms with van der Waals surface area (Å²) < 4.78 is 37.6. The van der Waals surface area contributed by atoms with Crippen LogP contribution >= 0.6 is 0 Å². The molecule has 1 N–H and O–H groups in total. The lowest BCUT2D eigenvalue weighted by Gasteiger charge is -2.44. The topological polar surface area (TPSA) is 211 Å². The van der Waals surface area contributed by atoms with E-state index in [2.05, 4.69) is 15.3 Å². The SMILES string of the molecule is CC(=O)OCC1O[C@@H](OCCOCCNC(=O)CN=[N+]=[N-])[C@@H](OC(C)=O)C(OC(C)=O)[C@H]1OC(C)=O. The number of esters is 4. The highest BCUT2D eigenvalue weighted by atomic mass is 16.7. The number of nitrogens with zero attached hydrogens (tertiary/aromatic N) is 3. The molecule has 1 aliphatic rings. The van der Waals surface area contributed by atoms with E-state index in [4.69, 9.17) is 38.7 Å². The van der Waals surface area contributed by atoms with Crippen molar-refractivity contribution < 1.29 is 57.1 Å². The van der Waals surface area contributed by atoms with Gasteiger partial charge in [-0.3, -0.25) is 24.0 Å². The van der Waals surface area contributed by atoms with Crippen molar-refractivity contribution in [1.29, 1.82) is 0 Å². The van der Waals surface area contributed by atoms with Gasteiger partial charge in [0.05, 0.1) is 19.8 Å². The van der Waals surface area contributed by atoms with E-state index in [-0.39, 0.29) is 39.5 Å². The lowest BCUT2D eigenvalue weighted by atomic mass is 9.98. The van der Waals surface area contributed by atoms with Gasteiger partial charge in [0.2, 0.25) is 5.91 Å². The van der Waals surface area contributed by atoms with Crippen molar-refractivity contribution in [3.05, 3.63) is 10.4 Å². The summed E-state index contributed by atoms with van der Waals surface area (Å²) in [5.41, 5.74) is 8.17. The maximum absolute atomic E-state index is 11.8. The Hall–Kier alpha value is -3.46. The van der Waals surface area contributed by atoms with E-state index < -0.39 is 60.5 Å². The molecule has 0 saturated carbocycles. The normalized spacial score (nSPS) is 22.9. The molecule has 1 saturated heterocycles. The van der Waals surface area contributed by atoms with Gasteiger partial charge in [-0.2, -0.15) is 0 Å². The first-order chi connectivity index (χ1) is 17.0. The first-order valence-corrected chi connectivity index (χ1v) is 10.8. The summed E-state index contributed by atoms with van der Waals surface area (Å²) in [5.74, 6) is -3.35. The molecule has 16 heteroatoms. The van der Waals surface area contributed by atoms with Crippen LogP contribution in [0.4, 0.5) is 0 Å². The maximum Gasteiger partial charge on any atom is 0.303 e. The van der Waals surface area contributed by atoms with Crippen LogP contribution in [-0.4, -0.2) is 100 Å². The van der Waals surface area contributed by atoms with E-state index in [1.807, 2.05) is 0 Å². The highest BCUT2D eigenvalue weighted by molar-refractivity contribution is 5.78. The van der Waals surface area contributed by atoms with Crippen molar-refractivity contribution in [1.82, 2.24) is 5.32 Å². The van der Waals surface area contributed by atoms with Gasteiger partial charge in [-0.15, -0.1) is 0 Å². The Labute approximate surface area is 206 Å². The molecule has 1 aliphatic heterocycles. The number of rotatable bonds is 14. The molecule has 5 atom stereocenters. The van der Waals surface area contributed by atoms with E-state index in [0.717, 1.165) is 20.8 Å². The van der Waals surface area contributed by atoms with Crippen LogP contribution in [0.5, 0.6) is 0 Å². The number of carbonyl (C=O) groups is 5. The van der Waals surface area contributed by atoms with E-state index >= 15 is 0 Å². The molecule has 2 unspecified atom stereocenters. The molecule has 0 aliphatic carbocycles. The van der Waals surface area contributed by atoms with E-state index in [9.17, 15) is 24.0 Å². The molecule has 1 rings (SSSR count). The molecular weight excluding hydrogens is 488 g/mol. The molecule has 0 aromatic heterocycles. The zero-order chi connectivity index (χ0) is 27.1. The molecule has 0 aromatic carbocycles. The lowest BCUT2D eigenvalue weighted by Crippen LogP contribution is -2.63. The van der Waals surface area contributed by atoms with Gasteiger partial charge in [-0.05, 0) is 5.53 Å². The zero-order valence-electron chi connectivity index (χ0n) is 20.4. The molecule has 0 spiro atoms. The van der Waals surface area contributed by atoms with Crippen molar-refractivity contribution in [2.24, 2.45) is 5.11 Å². The highest BCUT2D eigenvalue weighted by Crippen LogP contribution is 2.29. The molecule has 0 bridgehead atoms. The van der Waals surface area contributed by atoms with Crippen LogP contribution in [0.2, 0.25) is 0 Å². The number of amides is 1. The van der Waals surface area contributed by atoms with Gasteiger partial charge < -0.3 is 38.5 Å². The Kier molecular flexibility index (Phi) is 13.8. The Morgan fingerprint density at radius 1 is 0.861 bits per heavy atom. The minimum atomic E-state index is -1.33. The number of hydrogen-bond donors (Lipinski definition) is 1. The van der Waals surface area contributed by atoms with Crippen molar-refractivity contribution in [3.63, 3.8) is 0 Å². The molecule has 36 heavy (non-hydrogen) atoms. The standard InChI is InChI=1S/C20H30N4O12/c1-11(25)32-10-15-17(33-12(2)26)18(34-13(3)27)19(35-14(4)28)20(36-15)31-8-7-30-6-5-22-16(29)9-23-24-21/h15,17-20H,5-10H2,1-4H3,(H,22,29)/t15?,17-,18?,19-,20+/m0/s1. The van der Waals surface area contributed by atoms with E-state index in [1.54, 1.807) is 0 Å². The molecule has 16 nitrogen and oxygen atoms in total. The summed E-state index contributed by atoms with van der Waals surface area (Å²) in [6.07, 6.45) is -6.37. The number of azide groups is 1. The van der Waals surface area contributed by atoms with Crippen molar-refractivity contribution in [2.45, 2.75) is 58.4 Å². The van der Waals surface area contributed by atoms with Crippen molar-refractivity contribution in [3.8, 4) is 0 Å². The average Bonchev–Trinajstić information content (AvgIpc) is 2.78. The summed E-state index contributed by atoms with van der Waals surface area (Å²) in [6.45, 7) is 4.02. The van der Waals surface area contributed by atoms with Gasteiger partial charge in [0, 0.05) is 39.2 Å². The quantitative estimate of drug-likeness (QED) is 0.0772. The Balaban J connectivity index is 2.86. The molecule has 0 radical (unpaired) electrons. The fraction of sp³-hybridized carbons (Fsp3) is 0.750. The summed E-state index contributed by atoms with van der Waals surface area (Å²) in [6, 6.07) is 0. The number of ether oxygens (including phenoxy) is 7. The van der Waals surface area contributed by atoms with Crippen LogP contribution in [0.15, 0.2) is 5.11 Å². The van der Waals surface area contributed by atoms with Gasteiger partial charge in [0.25, 0.3) is 0 Å². The minimum Gasteiger partial charge on any atom is -0.463 e. The average molecular weight is 518 g/mol. The number of hydrogen-bond acceptors (Lipinski definition) is 13. The first kappa shape index (κ1) is 30.6. The van der Waals surface area contributed by atoms with Crippen LogP contribution in [0.25, 0.3) is 10.4 Å².